The van der Waals surface area contributed by atoms with Gasteiger partial charge < -0.3 is 10.3 Å². The smallest absolute Gasteiger partial charge is 0.255 e. The summed E-state index contributed by atoms with van der Waals surface area (Å²) in [6.07, 6.45) is 1.27. The van der Waals surface area contributed by atoms with Crippen molar-refractivity contribution in [3.8, 4) is 0 Å². The average Bonchev–Trinajstić information content (AvgIpc) is 2.42. The van der Waals surface area contributed by atoms with Gasteiger partial charge in [-0.05, 0) is 17.7 Å². The Morgan fingerprint density at radius 1 is 1.30 bits per heavy atom. The first-order valence-corrected chi connectivity index (χ1v) is 7.14. The number of fused-ring (bicyclic) bond motifs is 1. The highest BCUT2D eigenvalue weighted by Gasteiger charge is 2.15. The summed E-state index contributed by atoms with van der Waals surface area (Å²) in [5.41, 5.74) is 2.45. The first-order chi connectivity index (χ1) is 9.63. The third kappa shape index (κ3) is 2.73. The van der Waals surface area contributed by atoms with E-state index in [1.807, 2.05) is 6.07 Å². The Balaban J connectivity index is 1.95. The molecule has 0 saturated heterocycles. The number of aromatic amines is 1. The number of nitrogens with one attached hydrogen (secondary N) is 2. The molecule has 0 spiro atoms. The molecule has 6 heteroatoms. The number of aromatic nitrogens is 2. The lowest BCUT2D eigenvalue weighted by molar-refractivity contribution is 0.615. The second kappa shape index (κ2) is 5.56. The van der Waals surface area contributed by atoms with Crippen LogP contribution >= 0.6 is 23.2 Å². The quantitative estimate of drug-likeness (QED) is 0.895. The lowest BCUT2D eigenvalue weighted by Gasteiger charge is -2.16. The molecule has 20 heavy (non-hydrogen) atoms. The second-order valence-corrected chi connectivity index (χ2v) is 5.62. The van der Waals surface area contributed by atoms with Crippen molar-refractivity contribution >= 4 is 23.2 Å². The van der Waals surface area contributed by atoms with Crippen LogP contribution in [-0.4, -0.2) is 16.5 Å². The van der Waals surface area contributed by atoms with E-state index >= 15 is 0 Å². The standard InChI is InChI=1S/C14H13Cl2N3O/c15-9-2-1-8(11(16)6-9)5-13-18-12-3-4-17-7-10(12)14(20)19-13/h1-2,6,17H,3-5,7H2,(H,18,19,20). The van der Waals surface area contributed by atoms with E-state index in [2.05, 4.69) is 15.3 Å². The fourth-order valence-corrected chi connectivity index (χ4v) is 2.81. The number of H-pyrrole nitrogens is 1. The summed E-state index contributed by atoms with van der Waals surface area (Å²) in [6, 6.07) is 5.33. The fourth-order valence-electron chi connectivity index (χ4n) is 2.33. The summed E-state index contributed by atoms with van der Waals surface area (Å²) in [5.74, 6) is 0.639. The molecular weight excluding hydrogens is 297 g/mol. The molecule has 0 bridgehead atoms. The molecule has 1 aromatic carbocycles. The zero-order valence-corrected chi connectivity index (χ0v) is 12.2. The Labute approximate surface area is 126 Å². The molecule has 2 aromatic rings. The van der Waals surface area contributed by atoms with Crippen LogP contribution in [0.1, 0.15) is 22.6 Å². The maximum absolute atomic E-state index is 12.0. The number of nitrogens with zero attached hydrogens (tertiary/aromatic N) is 1. The van der Waals surface area contributed by atoms with Crippen LogP contribution in [0.2, 0.25) is 10.0 Å². The third-order valence-corrected chi connectivity index (χ3v) is 3.95. The van der Waals surface area contributed by atoms with Crippen molar-refractivity contribution in [1.29, 1.82) is 0 Å². The van der Waals surface area contributed by atoms with Gasteiger partial charge in [0.15, 0.2) is 0 Å². The monoisotopic (exact) mass is 309 g/mol. The summed E-state index contributed by atoms with van der Waals surface area (Å²) in [7, 11) is 0. The summed E-state index contributed by atoms with van der Waals surface area (Å²) < 4.78 is 0. The van der Waals surface area contributed by atoms with Gasteiger partial charge in [0.1, 0.15) is 5.82 Å². The Morgan fingerprint density at radius 2 is 2.15 bits per heavy atom. The lowest BCUT2D eigenvalue weighted by atomic mass is 10.1. The Bertz CT molecular complexity index is 712. The molecule has 4 nitrogen and oxygen atoms in total. The van der Waals surface area contributed by atoms with E-state index < -0.39 is 0 Å². The molecule has 104 valence electrons. The Hall–Kier alpha value is -1.36. The SMILES string of the molecule is O=c1[nH]c(Cc2ccc(Cl)cc2Cl)nc2c1CNCC2. The summed E-state index contributed by atoms with van der Waals surface area (Å²) in [6.45, 7) is 1.43. The number of halogens is 2. The number of rotatable bonds is 2. The minimum Gasteiger partial charge on any atom is -0.312 e. The molecule has 1 aliphatic heterocycles. The van der Waals surface area contributed by atoms with Gasteiger partial charge in [-0.2, -0.15) is 0 Å². The zero-order valence-electron chi connectivity index (χ0n) is 10.7. The highest BCUT2D eigenvalue weighted by atomic mass is 35.5. The molecule has 3 rings (SSSR count). The molecule has 0 aliphatic carbocycles. The van der Waals surface area contributed by atoms with Gasteiger partial charge in [-0.3, -0.25) is 4.79 Å². The van der Waals surface area contributed by atoms with E-state index in [0.717, 1.165) is 29.8 Å². The second-order valence-electron chi connectivity index (χ2n) is 4.78. The van der Waals surface area contributed by atoms with Crippen LogP contribution in [0.25, 0.3) is 0 Å². The molecule has 2 N–H and O–H groups in total. The van der Waals surface area contributed by atoms with Gasteiger partial charge in [-0.1, -0.05) is 29.3 Å². The summed E-state index contributed by atoms with van der Waals surface area (Å²) >= 11 is 12.0. The minimum absolute atomic E-state index is 0.0673. The molecule has 0 saturated carbocycles. The summed E-state index contributed by atoms with van der Waals surface area (Å²) in [4.78, 5) is 19.4. The molecule has 1 aliphatic rings. The van der Waals surface area contributed by atoms with Crippen LogP contribution in [0.15, 0.2) is 23.0 Å². The molecule has 1 aromatic heterocycles. The molecule has 0 unspecified atom stereocenters. The number of benzene rings is 1. The molecular formula is C14H13Cl2N3O. The van der Waals surface area contributed by atoms with Crippen LogP contribution < -0.4 is 10.9 Å². The topological polar surface area (TPSA) is 57.8 Å². The van der Waals surface area contributed by atoms with Crippen molar-refractivity contribution < 1.29 is 0 Å². The molecule has 2 heterocycles. The van der Waals surface area contributed by atoms with Crippen molar-refractivity contribution in [2.45, 2.75) is 19.4 Å². The van der Waals surface area contributed by atoms with Crippen LogP contribution in [0.4, 0.5) is 0 Å². The van der Waals surface area contributed by atoms with Crippen molar-refractivity contribution in [2.75, 3.05) is 6.54 Å². The Morgan fingerprint density at radius 3 is 2.95 bits per heavy atom. The van der Waals surface area contributed by atoms with Crippen LogP contribution in [-0.2, 0) is 19.4 Å². The van der Waals surface area contributed by atoms with Gasteiger partial charge in [0.2, 0.25) is 0 Å². The van der Waals surface area contributed by atoms with Crippen molar-refractivity contribution in [3.05, 3.63) is 61.2 Å². The van der Waals surface area contributed by atoms with E-state index in [4.69, 9.17) is 23.2 Å². The largest absolute Gasteiger partial charge is 0.312 e. The predicted octanol–water partition coefficient (Wildman–Crippen LogP) is 2.31. The minimum atomic E-state index is -0.0673. The van der Waals surface area contributed by atoms with E-state index in [9.17, 15) is 4.79 Å². The normalized spacial score (nSPS) is 14.1. The summed E-state index contributed by atoms with van der Waals surface area (Å²) in [5, 5.41) is 4.35. The van der Waals surface area contributed by atoms with Crippen molar-refractivity contribution in [1.82, 2.24) is 15.3 Å². The van der Waals surface area contributed by atoms with E-state index in [1.54, 1.807) is 12.1 Å². The first kappa shape index (κ1) is 13.6. The number of hydrogen-bond acceptors (Lipinski definition) is 3. The average molecular weight is 310 g/mol. The van der Waals surface area contributed by atoms with Gasteiger partial charge in [0, 0.05) is 36.0 Å². The fraction of sp³-hybridized carbons (Fsp3) is 0.286. The van der Waals surface area contributed by atoms with Gasteiger partial charge in [0.25, 0.3) is 5.56 Å². The molecule has 0 radical (unpaired) electrons. The van der Waals surface area contributed by atoms with E-state index in [0.29, 0.717) is 28.8 Å². The van der Waals surface area contributed by atoms with Crippen molar-refractivity contribution in [2.24, 2.45) is 0 Å². The van der Waals surface area contributed by atoms with Crippen molar-refractivity contribution in [3.63, 3.8) is 0 Å². The maximum Gasteiger partial charge on any atom is 0.255 e. The molecule has 0 atom stereocenters. The van der Waals surface area contributed by atoms with Gasteiger partial charge in [-0.25, -0.2) is 4.98 Å². The van der Waals surface area contributed by atoms with Gasteiger partial charge in [0.05, 0.1) is 11.3 Å². The van der Waals surface area contributed by atoms with Crippen LogP contribution in [0, 0.1) is 0 Å². The first-order valence-electron chi connectivity index (χ1n) is 6.39. The Kier molecular flexibility index (Phi) is 3.78. The van der Waals surface area contributed by atoms with Crippen LogP contribution in [0.3, 0.4) is 0 Å². The number of hydrogen-bond donors (Lipinski definition) is 2. The van der Waals surface area contributed by atoms with Gasteiger partial charge in [-0.15, -0.1) is 0 Å². The van der Waals surface area contributed by atoms with E-state index in [-0.39, 0.29) is 5.56 Å². The zero-order chi connectivity index (χ0) is 14.1. The maximum atomic E-state index is 12.0. The third-order valence-electron chi connectivity index (χ3n) is 3.36. The van der Waals surface area contributed by atoms with Gasteiger partial charge >= 0.3 is 0 Å². The lowest BCUT2D eigenvalue weighted by Crippen LogP contribution is -2.32. The molecule has 0 amide bonds. The highest BCUT2D eigenvalue weighted by Crippen LogP contribution is 2.22. The highest BCUT2D eigenvalue weighted by molar-refractivity contribution is 6.35. The van der Waals surface area contributed by atoms with E-state index in [1.165, 1.54) is 0 Å². The molecule has 0 fully saturated rings. The van der Waals surface area contributed by atoms with Crippen LogP contribution in [0.5, 0.6) is 0 Å². The predicted molar refractivity (Wildman–Crippen MR) is 79.5 cm³/mol.